The molecule has 4 aromatic rings. The number of amides is 1. The number of carbonyl (C=O) groups is 1. The third-order valence-corrected chi connectivity index (χ3v) is 12.5. The molecule has 7 nitrogen and oxygen atoms in total. The van der Waals surface area contributed by atoms with E-state index in [1.54, 1.807) is 18.2 Å². The van der Waals surface area contributed by atoms with Crippen molar-refractivity contribution in [2.75, 3.05) is 19.8 Å². The van der Waals surface area contributed by atoms with Crippen molar-refractivity contribution < 1.29 is 41.6 Å². The normalized spacial score (nSPS) is 14.9. The first-order valence-electron chi connectivity index (χ1n) is 19.3. The van der Waals surface area contributed by atoms with E-state index in [1.807, 2.05) is 78.9 Å². The molecule has 11 heteroatoms. The summed E-state index contributed by atoms with van der Waals surface area (Å²) in [6.45, 7) is -0.888. The van der Waals surface area contributed by atoms with Gasteiger partial charge in [-0.25, -0.2) is 4.79 Å². The van der Waals surface area contributed by atoms with Gasteiger partial charge in [-0.1, -0.05) is 136 Å². The molecule has 0 saturated heterocycles. The van der Waals surface area contributed by atoms with Gasteiger partial charge in [0.15, 0.2) is 0 Å². The summed E-state index contributed by atoms with van der Waals surface area (Å²) in [6.07, 6.45) is 3.59. The first-order valence-corrected chi connectivity index (χ1v) is 21.3. The van der Waals surface area contributed by atoms with Crippen LogP contribution in [0, 0.1) is 5.92 Å². The van der Waals surface area contributed by atoms with Gasteiger partial charge >= 0.3 is 12.3 Å². The molecule has 2 N–H and O–H groups in total. The monoisotopic (exact) mass is 779 g/mol. The summed E-state index contributed by atoms with van der Waals surface area (Å²) >= 11 is 0. The first kappa shape index (κ1) is 42.0. The standard InChI is InChI=1S/C44H53F3NO6P/c45-44(46,47)40-29-36(24-25-41(40)52-28-14-13-17-35-15-5-1-6-16-35)26-27-43(33-49,48-42(50)53-30-37-18-7-2-8-19-37)34-54-55(51,31-38-20-9-3-10-21-38)32-39-22-11-4-12-23-39/h2-4,7-12,18-25,29,35,49H,1,5-6,13-17,26-28,30-34H2,(H,48,50). The zero-order chi connectivity index (χ0) is 39.0. The van der Waals surface area contributed by atoms with E-state index >= 15 is 0 Å². The molecule has 55 heavy (non-hydrogen) atoms. The van der Waals surface area contributed by atoms with Crippen molar-refractivity contribution in [1.82, 2.24) is 5.32 Å². The van der Waals surface area contributed by atoms with E-state index in [2.05, 4.69) is 5.32 Å². The Morgan fingerprint density at radius 2 is 1.38 bits per heavy atom. The van der Waals surface area contributed by atoms with Crippen LogP contribution in [-0.2, 0) is 45.4 Å². The molecule has 1 amide bonds. The van der Waals surface area contributed by atoms with Gasteiger partial charge in [-0.05, 0) is 66.0 Å². The van der Waals surface area contributed by atoms with Crippen LogP contribution in [0.4, 0.5) is 18.0 Å². The Morgan fingerprint density at radius 1 is 0.782 bits per heavy atom. The Labute approximate surface area is 323 Å². The van der Waals surface area contributed by atoms with Crippen LogP contribution < -0.4 is 10.1 Å². The minimum atomic E-state index is -4.66. The number of aliphatic hydroxyl groups excluding tert-OH is 1. The van der Waals surface area contributed by atoms with Gasteiger partial charge < -0.3 is 24.4 Å². The SMILES string of the molecule is O=C(NC(CO)(CCc1ccc(OCCCCC2CCCCC2)c(C(F)(F)F)c1)COP(=O)(Cc1ccccc1)Cc1ccccc1)OCc1ccccc1. The number of benzene rings is 4. The van der Waals surface area contributed by atoms with E-state index < -0.39 is 37.3 Å². The van der Waals surface area contributed by atoms with Gasteiger partial charge in [0.05, 0.1) is 43.2 Å². The Morgan fingerprint density at radius 3 is 1.96 bits per heavy atom. The van der Waals surface area contributed by atoms with Crippen LogP contribution in [0.5, 0.6) is 5.75 Å². The Bertz CT molecular complexity index is 1740. The molecular formula is C44H53F3NO6P. The van der Waals surface area contributed by atoms with E-state index in [0.29, 0.717) is 17.9 Å². The molecule has 1 saturated carbocycles. The first-order chi connectivity index (χ1) is 26.5. The molecule has 1 unspecified atom stereocenters. The molecule has 0 radical (unpaired) electrons. The molecule has 0 heterocycles. The summed E-state index contributed by atoms with van der Waals surface area (Å²) in [6, 6.07) is 31.5. The fourth-order valence-electron chi connectivity index (χ4n) is 7.08. The van der Waals surface area contributed by atoms with Crippen molar-refractivity contribution in [1.29, 1.82) is 0 Å². The van der Waals surface area contributed by atoms with E-state index in [1.165, 1.54) is 38.2 Å². The quantitative estimate of drug-likeness (QED) is 0.0685. The fraction of sp³-hybridized carbons (Fsp3) is 0.432. The Balaban J connectivity index is 1.32. The number of alkyl halides is 3. The van der Waals surface area contributed by atoms with E-state index in [4.69, 9.17) is 14.0 Å². The minimum Gasteiger partial charge on any atom is -0.493 e. The van der Waals surface area contributed by atoms with Gasteiger partial charge in [0.1, 0.15) is 12.4 Å². The number of unbranched alkanes of at least 4 members (excludes halogenated alkanes) is 1. The number of alkyl carbamates (subject to hydrolysis) is 1. The summed E-state index contributed by atoms with van der Waals surface area (Å²) in [5.41, 5.74) is 0.211. The fourth-order valence-corrected chi connectivity index (χ4v) is 9.39. The molecule has 1 aliphatic rings. The number of aliphatic hydroxyl groups is 1. The van der Waals surface area contributed by atoms with Crippen molar-refractivity contribution >= 4 is 13.5 Å². The largest absolute Gasteiger partial charge is 0.493 e. The molecule has 0 aliphatic heterocycles. The maximum atomic E-state index is 14.6. The Kier molecular flexibility index (Phi) is 15.8. The van der Waals surface area contributed by atoms with Crippen molar-refractivity contribution in [3.05, 3.63) is 137 Å². The number of carbonyl (C=O) groups excluding carboxylic acids is 1. The highest BCUT2D eigenvalue weighted by molar-refractivity contribution is 7.57. The van der Waals surface area contributed by atoms with Crippen molar-refractivity contribution in [3.8, 4) is 5.75 Å². The van der Waals surface area contributed by atoms with Crippen LogP contribution >= 0.6 is 7.37 Å². The highest BCUT2D eigenvalue weighted by atomic mass is 31.2. The van der Waals surface area contributed by atoms with Crippen LogP contribution in [0.15, 0.2) is 109 Å². The zero-order valence-corrected chi connectivity index (χ0v) is 32.2. The third kappa shape index (κ3) is 13.9. The van der Waals surface area contributed by atoms with Gasteiger partial charge in [-0.2, -0.15) is 13.2 Å². The lowest BCUT2D eigenvalue weighted by atomic mass is 9.86. The lowest BCUT2D eigenvalue weighted by Gasteiger charge is -2.34. The van der Waals surface area contributed by atoms with Gasteiger partial charge in [-0.3, -0.25) is 4.57 Å². The molecule has 5 rings (SSSR count). The molecule has 0 spiro atoms. The highest BCUT2D eigenvalue weighted by Gasteiger charge is 2.38. The molecule has 1 fully saturated rings. The predicted octanol–water partition coefficient (Wildman–Crippen LogP) is 11.1. The van der Waals surface area contributed by atoms with E-state index in [0.717, 1.165) is 35.6 Å². The minimum absolute atomic E-state index is 0.0231. The summed E-state index contributed by atoms with van der Waals surface area (Å²) in [4.78, 5) is 13.2. The second kappa shape index (κ2) is 20.7. The molecule has 0 bridgehead atoms. The molecule has 1 aliphatic carbocycles. The number of nitrogens with one attached hydrogen (secondary N) is 1. The average molecular weight is 780 g/mol. The number of aryl methyl sites for hydroxylation is 1. The van der Waals surface area contributed by atoms with Crippen LogP contribution in [0.3, 0.4) is 0 Å². The van der Waals surface area contributed by atoms with Crippen molar-refractivity contribution in [3.63, 3.8) is 0 Å². The van der Waals surface area contributed by atoms with Crippen molar-refractivity contribution in [2.45, 2.75) is 94.9 Å². The van der Waals surface area contributed by atoms with Crippen LogP contribution in [0.2, 0.25) is 0 Å². The van der Waals surface area contributed by atoms with Gasteiger partial charge in [-0.15, -0.1) is 0 Å². The Hall–Kier alpha value is -4.11. The molecule has 0 aromatic heterocycles. The third-order valence-electron chi connectivity index (χ3n) is 10.2. The number of ether oxygens (including phenoxy) is 2. The second-order valence-corrected chi connectivity index (χ2v) is 17.2. The second-order valence-electron chi connectivity index (χ2n) is 14.7. The van der Waals surface area contributed by atoms with E-state index in [9.17, 15) is 27.6 Å². The maximum absolute atomic E-state index is 14.6. The lowest BCUT2D eigenvalue weighted by Crippen LogP contribution is -2.55. The van der Waals surface area contributed by atoms with Crippen LogP contribution in [0.25, 0.3) is 0 Å². The number of hydrogen-bond acceptors (Lipinski definition) is 6. The highest BCUT2D eigenvalue weighted by Crippen LogP contribution is 2.54. The smallest absolute Gasteiger partial charge is 0.419 e. The zero-order valence-electron chi connectivity index (χ0n) is 31.4. The van der Waals surface area contributed by atoms with Gasteiger partial charge in [0.2, 0.25) is 7.37 Å². The average Bonchev–Trinajstić information content (AvgIpc) is 3.19. The summed E-state index contributed by atoms with van der Waals surface area (Å²) in [5.74, 6) is 0.478. The lowest BCUT2D eigenvalue weighted by molar-refractivity contribution is -0.139. The maximum Gasteiger partial charge on any atom is 0.419 e. The molecule has 1 atom stereocenters. The van der Waals surface area contributed by atoms with Crippen LogP contribution in [-0.4, -0.2) is 36.6 Å². The number of rotatable bonds is 20. The summed E-state index contributed by atoms with van der Waals surface area (Å²) in [5, 5.41) is 13.6. The van der Waals surface area contributed by atoms with Crippen LogP contribution in [0.1, 0.15) is 85.6 Å². The summed E-state index contributed by atoms with van der Waals surface area (Å²) < 4.78 is 75.1. The van der Waals surface area contributed by atoms with Crippen molar-refractivity contribution in [2.24, 2.45) is 5.92 Å². The molecule has 4 aromatic carbocycles. The topological polar surface area (TPSA) is 94.1 Å². The van der Waals surface area contributed by atoms with E-state index in [-0.39, 0.29) is 50.7 Å². The summed E-state index contributed by atoms with van der Waals surface area (Å²) in [7, 11) is -3.50. The molecular weight excluding hydrogens is 726 g/mol. The van der Waals surface area contributed by atoms with Gasteiger partial charge in [0.25, 0.3) is 0 Å². The molecule has 296 valence electrons. The number of hydrogen-bond donors (Lipinski definition) is 2. The van der Waals surface area contributed by atoms with Gasteiger partial charge in [0, 0.05) is 0 Å². The predicted molar refractivity (Wildman–Crippen MR) is 209 cm³/mol. The number of halogens is 3.